The van der Waals surface area contributed by atoms with Gasteiger partial charge in [-0.25, -0.2) is 0 Å². The standard InChI is InChI=1S/C24H29ClN4O2S/c1-6-17-9-8-10-18(7-2)22(17)26-21(30)14-32-24-28-27-23(29(24)5)16(4)31-20-13-15(3)11-12-19(20)25/h8-13,16H,6-7,14H2,1-5H3,(H,26,30). The summed E-state index contributed by atoms with van der Waals surface area (Å²) in [4.78, 5) is 12.7. The second-order valence-corrected chi connectivity index (χ2v) is 8.94. The third-order valence-corrected chi connectivity index (χ3v) is 6.55. The van der Waals surface area contributed by atoms with Crippen LogP contribution in [-0.2, 0) is 24.7 Å². The third-order valence-electron chi connectivity index (χ3n) is 5.22. The minimum Gasteiger partial charge on any atom is -0.481 e. The predicted molar refractivity (Wildman–Crippen MR) is 131 cm³/mol. The monoisotopic (exact) mass is 472 g/mol. The van der Waals surface area contributed by atoms with Crippen LogP contribution in [0, 0.1) is 6.92 Å². The quantitative estimate of drug-likeness (QED) is 0.400. The maximum atomic E-state index is 12.7. The Balaban J connectivity index is 1.65. The van der Waals surface area contributed by atoms with Crippen molar-refractivity contribution in [2.75, 3.05) is 11.1 Å². The van der Waals surface area contributed by atoms with Gasteiger partial charge in [0.1, 0.15) is 5.75 Å². The van der Waals surface area contributed by atoms with Crippen molar-refractivity contribution in [3.05, 3.63) is 63.9 Å². The first-order valence-electron chi connectivity index (χ1n) is 10.7. The van der Waals surface area contributed by atoms with Gasteiger partial charge in [-0.15, -0.1) is 10.2 Å². The molecule has 1 aromatic heterocycles. The average Bonchev–Trinajstić information content (AvgIpc) is 3.15. The van der Waals surface area contributed by atoms with Gasteiger partial charge < -0.3 is 14.6 Å². The molecule has 1 N–H and O–H groups in total. The van der Waals surface area contributed by atoms with Crippen molar-refractivity contribution >= 4 is 35.0 Å². The van der Waals surface area contributed by atoms with Gasteiger partial charge >= 0.3 is 0 Å². The number of hydrogen-bond donors (Lipinski definition) is 1. The van der Waals surface area contributed by atoms with E-state index in [-0.39, 0.29) is 17.8 Å². The molecule has 32 heavy (non-hydrogen) atoms. The first-order chi connectivity index (χ1) is 15.3. The number of aryl methyl sites for hydroxylation is 3. The van der Waals surface area contributed by atoms with Gasteiger partial charge in [0, 0.05) is 12.7 Å². The molecule has 1 amide bonds. The van der Waals surface area contributed by atoms with E-state index >= 15 is 0 Å². The molecule has 8 heteroatoms. The molecule has 1 heterocycles. The van der Waals surface area contributed by atoms with E-state index in [1.807, 2.05) is 49.7 Å². The average molecular weight is 473 g/mol. The van der Waals surface area contributed by atoms with Gasteiger partial charge in [-0.2, -0.15) is 0 Å². The number of anilines is 1. The van der Waals surface area contributed by atoms with E-state index in [4.69, 9.17) is 16.3 Å². The van der Waals surface area contributed by atoms with Crippen molar-refractivity contribution in [2.24, 2.45) is 7.05 Å². The van der Waals surface area contributed by atoms with Gasteiger partial charge in [0.15, 0.2) is 17.1 Å². The number of nitrogens with one attached hydrogen (secondary N) is 1. The van der Waals surface area contributed by atoms with Crippen molar-refractivity contribution in [2.45, 2.75) is 51.8 Å². The van der Waals surface area contributed by atoms with Gasteiger partial charge in [-0.3, -0.25) is 4.79 Å². The van der Waals surface area contributed by atoms with Crippen LogP contribution in [0.5, 0.6) is 5.75 Å². The molecule has 0 aliphatic rings. The number of hydrogen-bond acceptors (Lipinski definition) is 5. The number of amides is 1. The number of carbonyl (C=O) groups excluding carboxylic acids is 1. The summed E-state index contributed by atoms with van der Waals surface area (Å²) in [5, 5.41) is 12.8. The summed E-state index contributed by atoms with van der Waals surface area (Å²) >= 11 is 7.60. The number of halogens is 1. The van der Waals surface area contributed by atoms with Gasteiger partial charge in [-0.05, 0) is 55.5 Å². The van der Waals surface area contributed by atoms with Gasteiger partial charge in [0.05, 0.1) is 10.8 Å². The van der Waals surface area contributed by atoms with Crippen LogP contribution in [0.2, 0.25) is 5.02 Å². The molecule has 1 unspecified atom stereocenters. The Morgan fingerprint density at radius 1 is 1.19 bits per heavy atom. The van der Waals surface area contributed by atoms with E-state index in [0.29, 0.717) is 21.8 Å². The zero-order valence-corrected chi connectivity index (χ0v) is 20.7. The number of rotatable bonds is 9. The molecule has 0 spiro atoms. The SMILES string of the molecule is CCc1cccc(CC)c1NC(=O)CSc1nnc(C(C)Oc2cc(C)ccc2Cl)n1C. The van der Waals surface area contributed by atoms with E-state index in [9.17, 15) is 4.79 Å². The molecule has 2 aromatic carbocycles. The maximum Gasteiger partial charge on any atom is 0.234 e. The Bertz CT molecular complexity index is 1080. The second kappa shape index (κ2) is 10.9. The molecule has 1 atom stereocenters. The van der Waals surface area contributed by atoms with E-state index in [1.165, 1.54) is 11.8 Å². The lowest BCUT2D eigenvalue weighted by Gasteiger charge is -2.16. The molecule has 0 radical (unpaired) electrons. The molecule has 0 aliphatic heterocycles. The Kier molecular flexibility index (Phi) is 8.21. The van der Waals surface area contributed by atoms with Crippen LogP contribution in [0.1, 0.15) is 49.4 Å². The van der Waals surface area contributed by atoms with Crippen molar-refractivity contribution in [3.8, 4) is 5.75 Å². The van der Waals surface area contributed by atoms with Crippen LogP contribution in [0.15, 0.2) is 41.6 Å². The van der Waals surface area contributed by atoms with Crippen molar-refractivity contribution < 1.29 is 9.53 Å². The normalized spacial score (nSPS) is 11.9. The third kappa shape index (κ3) is 5.64. The molecular weight excluding hydrogens is 444 g/mol. The highest BCUT2D eigenvalue weighted by atomic mass is 35.5. The number of thioether (sulfide) groups is 1. The summed E-state index contributed by atoms with van der Waals surface area (Å²) in [6.45, 7) is 8.07. The molecule has 0 aliphatic carbocycles. The summed E-state index contributed by atoms with van der Waals surface area (Å²) in [5.41, 5.74) is 4.28. The van der Waals surface area contributed by atoms with Gasteiger partial charge in [0.2, 0.25) is 5.91 Å². The summed E-state index contributed by atoms with van der Waals surface area (Å²) in [5.74, 6) is 1.45. The molecule has 0 fully saturated rings. The Morgan fingerprint density at radius 3 is 2.53 bits per heavy atom. The molecule has 0 saturated carbocycles. The van der Waals surface area contributed by atoms with Crippen LogP contribution in [0.25, 0.3) is 0 Å². The summed E-state index contributed by atoms with van der Waals surface area (Å²) in [7, 11) is 1.87. The highest BCUT2D eigenvalue weighted by Gasteiger charge is 2.19. The predicted octanol–water partition coefficient (Wildman–Crippen LogP) is 5.77. The van der Waals surface area contributed by atoms with Crippen molar-refractivity contribution in [3.63, 3.8) is 0 Å². The molecular formula is C24H29ClN4O2S. The lowest BCUT2D eigenvalue weighted by atomic mass is 10.0. The zero-order valence-electron chi connectivity index (χ0n) is 19.1. The number of aromatic nitrogens is 3. The highest BCUT2D eigenvalue weighted by Crippen LogP contribution is 2.30. The highest BCUT2D eigenvalue weighted by molar-refractivity contribution is 7.99. The number of para-hydroxylation sites is 1. The lowest BCUT2D eigenvalue weighted by molar-refractivity contribution is -0.113. The van der Waals surface area contributed by atoms with Crippen LogP contribution in [0.3, 0.4) is 0 Å². The molecule has 6 nitrogen and oxygen atoms in total. The Morgan fingerprint density at radius 2 is 1.88 bits per heavy atom. The van der Waals surface area contributed by atoms with Crippen molar-refractivity contribution in [1.29, 1.82) is 0 Å². The minimum absolute atomic E-state index is 0.0639. The molecule has 3 aromatic rings. The fourth-order valence-electron chi connectivity index (χ4n) is 3.46. The second-order valence-electron chi connectivity index (χ2n) is 7.59. The smallest absolute Gasteiger partial charge is 0.234 e. The van der Waals surface area contributed by atoms with Crippen LogP contribution in [-0.4, -0.2) is 26.4 Å². The summed E-state index contributed by atoms with van der Waals surface area (Å²) in [6.07, 6.45) is 1.39. The van der Waals surface area contributed by atoms with Crippen LogP contribution >= 0.6 is 23.4 Å². The maximum absolute atomic E-state index is 12.7. The number of nitrogens with zero attached hydrogens (tertiary/aromatic N) is 3. The summed E-state index contributed by atoms with van der Waals surface area (Å²) < 4.78 is 7.87. The Labute approximate surface area is 198 Å². The van der Waals surface area contributed by atoms with Crippen molar-refractivity contribution in [1.82, 2.24) is 14.8 Å². The summed E-state index contributed by atoms with van der Waals surface area (Å²) in [6, 6.07) is 11.8. The molecule has 3 rings (SSSR count). The zero-order chi connectivity index (χ0) is 23.3. The number of ether oxygens (including phenoxy) is 1. The van der Waals surface area contributed by atoms with Crippen LogP contribution in [0.4, 0.5) is 5.69 Å². The number of benzene rings is 2. The molecule has 170 valence electrons. The minimum atomic E-state index is -0.349. The fourth-order valence-corrected chi connectivity index (χ4v) is 4.34. The van der Waals surface area contributed by atoms with E-state index in [2.05, 4.69) is 41.5 Å². The van der Waals surface area contributed by atoms with Gasteiger partial charge in [-0.1, -0.05) is 61.5 Å². The first kappa shape index (κ1) is 24.1. The van der Waals surface area contributed by atoms with E-state index in [0.717, 1.165) is 35.2 Å². The van der Waals surface area contributed by atoms with Crippen LogP contribution < -0.4 is 10.1 Å². The van der Waals surface area contributed by atoms with Gasteiger partial charge in [0.25, 0.3) is 0 Å². The molecule has 0 bridgehead atoms. The lowest BCUT2D eigenvalue weighted by Crippen LogP contribution is -2.17. The van der Waals surface area contributed by atoms with E-state index < -0.39 is 0 Å². The topological polar surface area (TPSA) is 69.0 Å². The first-order valence-corrected chi connectivity index (χ1v) is 12.1. The fraction of sp³-hybridized carbons (Fsp3) is 0.375. The van der Waals surface area contributed by atoms with E-state index in [1.54, 1.807) is 0 Å². The number of carbonyl (C=O) groups is 1. The molecule has 0 saturated heterocycles. The Hall–Kier alpha value is -2.51. The largest absolute Gasteiger partial charge is 0.481 e.